The molecule has 2 aromatic rings. The molecule has 5 heteroatoms. The third-order valence-corrected chi connectivity index (χ3v) is 3.55. The van der Waals surface area contributed by atoms with E-state index < -0.39 is 5.97 Å². The van der Waals surface area contributed by atoms with Crippen molar-refractivity contribution < 1.29 is 19.4 Å². The number of aromatic nitrogens is 1. The summed E-state index contributed by atoms with van der Waals surface area (Å²) in [5, 5.41) is 7.88. The summed E-state index contributed by atoms with van der Waals surface area (Å²) < 4.78 is 10.4. The van der Waals surface area contributed by atoms with Crippen molar-refractivity contribution in [2.75, 3.05) is 13.7 Å². The molecule has 0 spiro atoms. The Morgan fingerprint density at radius 2 is 1.55 bits per heavy atom. The molecular weight excluding hydrogens is 390 g/mol. The number of aliphatic hydroxyl groups excluding tert-OH is 1. The lowest BCUT2D eigenvalue weighted by Gasteiger charge is -2.07. The summed E-state index contributed by atoms with van der Waals surface area (Å²) in [6, 6.07) is 13.3. The zero-order valence-electron chi connectivity index (χ0n) is 20.6. The Labute approximate surface area is 189 Å². The highest BCUT2D eigenvalue weighted by atomic mass is 16.5. The molecule has 0 atom stereocenters. The van der Waals surface area contributed by atoms with Crippen molar-refractivity contribution in [3.8, 4) is 5.75 Å². The summed E-state index contributed by atoms with van der Waals surface area (Å²) >= 11 is 0. The van der Waals surface area contributed by atoms with E-state index in [-0.39, 0.29) is 0 Å². The molecule has 0 saturated heterocycles. The molecule has 0 fully saturated rings. The molecule has 1 aromatic heterocycles. The number of esters is 1. The third-order valence-electron chi connectivity index (χ3n) is 3.55. The molecule has 0 unspecified atom stereocenters. The zero-order valence-corrected chi connectivity index (χ0v) is 20.6. The summed E-state index contributed by atoms with van der Waals surface area (Å²) in [7, 11) is 1.34. The highest BCUT2D eigenvalue weighted by Crippen LogP contribution is 2.15. The first-order chi connectivity index (χ1) is 15.1. The molecule has 5 nitrogen and oxygen atoms in total. The van der Waals surface area contributed by atoms with Crippen LogP contribution in [-0.4, -0.2) is 29.8 Å². The summed E-state index contributed by atoms with van der Waals surface area (Å²) in [6.45, 7) is 13.0. The maximum atomic E-state index is 11.4. The Balaban J connectivity index is 0. The van der Waals surface area contributed by atoms with E-state index in [9.17, 15) is 4.79 Å². The van der Waals surface area contributed by atoms with Crippen LogP contribution in [0, 0.1) is 0 Å². The van der Waals surface area contributed by atoms with Gasteiger partial charge in [-0.25, -0.2) is 9.78 Å². The van der Waals surface area contributed by atoms with E-state index in [2.05, 4.69) is 42.6 Å². The van der Waals surface area contributed by atoms with Crippen molar-refractivity contribution in [1.29, 1.82) is 0 Å². The smallest absolute Gasteiger partial charge is 0.356 e. The number of nitrogens with zero attached hydrogens (tertiary/aromatic N) is 1. The number of aryl methyl sites for hydroxylation is 1. The summed E-state index contributed by atoms with van der Waals surface area (Å²) in [4.78, 5) is 15.7. The van der Waals surface area contributed by atoms with Gasteiger partial charge in [0.15, 0.2) is 0 Å². The summed E-state index contributed by atoms with van der Waals surface area (Å²) in [6.07, 6.45) is 5.62. The van der Waals surface area contributed by atoms with Gasteiger partial charge in [0.2, 0.25) is 0 Å². The average molecular weight is 434 g/mol. The number of pyridine rings is 1. The van der Waals surface area contributed by atoms with Crippen molar-refractivity contribution in [3.63, 3.8) is 0 Å². The van der Waals surface area contributed by atoms with Gasteiger partial charge in [-0.15, -0.1) is 0 Å². The number of unbranched alkanes of at least 4 members (excludes halogenated alkanes) is 1. The Kier molecular flexibility index (Phi) is 22.1. The number of methoxy groups -OCH3 is 1. The van der Waals surface area contributed by atoms with Gasteiger partial charge < -0.3 is 14.6 Å². The predicted octanol–water partition coefficient (Wildman–Crippen LogP) is 6.62. The van der Waals surface area contributed by atoms with Crippen molar-refractivity contribution >= 4 is 5.97 Å². The van der Waals surface area contributed by atoms with E-state index >= 15 is 0 Å². The van der Waals surface area contributed by atoms with Crippen molar-refractivity contribution in [3.05, 3.63) is 59.4 Å². The standard InChI is InChI=1S/C18H21NO3.C3H8O.C3H8.C2H6/c1-3-4-6-14-9-11-16(12-10-14)22-13-15-7-5-8-17(19-15)18(20)21-2;1-2-3-4;1-3-2;1-2/h5,7-12H,3-4,6,13H2,1-2H3;4H,2-3H2,1H3;3H2,1-2H3;1-2H3. The minimum atomic E-state index is -0.442. The van der Waals surface area contributed by atoms with Crippen LogP contribution in [0.2, 0.25) is 0 Å². The van der Waals surface area contributed by atoms with Crippen LogP contribution in [0.25, 0.3) is 0 Å². The van der Waals surface area contributed by atoms with Gasteiger partial charge >= 0.3 is 5.97 Å². The number of carbonyl (C=O) groups is 1. The molecule has 0 aliphatic heterocycles. The fourth-order valence-corrected chi connectivity index (χ4v) is 2.07. The molecule has 31 heavy (non-hydrogen) atoms. The number of carbonyl (C=O) groups excluding carboxylic acids is 1. The molecule has 0 radical (unpaired) electrons. The van der Waals surface area contributed by atoms with E-state index in [1.165, 1.54) is 31.9 Å². The first kappa shape index (κ1) is 30.8. The summed E-state index contributed by atoms with van der Waals surface area (Å²) in [5.74, 6) is 0.354. The van der Waals surface area contributed by atoms with Gasteiger partial charge in [-0.2, -0.15) is 0 Å². The number of rotatable bonds is 8. The maximum Gasteiger partial charge on any atom is 0.356 e. The molecule has 0 aliphatic rings. The topological polar surface area (TPSA) is 68.7 Å². The quantitative estimate of drug-likeness (QED) is 0.474. The van der Waals surface area contributed by atoms with Gasteiger partial charge in [0.05, 0.1) is 12.8 Å². The third kappa shape index (κ3) is 16.0. The zero-order chi connectivity index (χ0) is 23.9. The number of hydrogen-bond acceptors (Lipinski definition) is 5. The van der Waals surface area contributed by atoms with Crippen LogP contribution in [0.4, 0.5) is 0 Å². The van der Waals surface area contributed by atoms with Gasteiger partial charge in [0, 0.05) is 6.61 Å². The van der Waals surface area contributed by atoms with Gasteiger partial charge in [-0.1, -0.05) is 72.6 Å². The Morgan fingerprint density at radius 1 is 0.968 bits per heavy atom. The molecule has 0 saturated carbocycles. The average Bonchev–Trinajstić information content (AvgIpc) is 2.83. The van der Waals surface area contributed by atoms with Gasteiger partial charge in [0.25, 0.3) is 0 Å². The highest BCUT2D eigenvalue weighted by Gasteiger charge is 2.07. The SMILES string of the molecule is CC.CCC.CCCCc1ccc(OCc2cccc(C(=O)OC)n2)cc1.CCCO. The minimum absolute atomic E-state index is 0.290. The van der Waals surface area contributed by atoms with Gasteiger partial charge in [-0.3, -0.25) is 0 Å². The Bertz CT molecular complexity index is 655. The first-order valence-corrected chi connectivity index (χ1v) is 11.4. The molecule has 2 rings (SSSR count). The molecule has 0 bridgehead atoms. The van der Waals surface area contributed by atoms with Gasteiger partial charge in [-0.05, 0) is 49.1 Å². The van der Waals surface area contributed by atoms with E-state index in [0.29, 0.717) is 24.6 Å². The van der Waals surface area contributed by atoms with Crippen molar-refractivity contribution in [2.45, 2.75) is 80.3 Å². The second-order valence-electron chi connectivity index (χ2n) is 6.47. The predicted molar refractivity (Wildman–Crippen MR) is 130 cm³/mol. The Morgan fingerprint density at radius 3 is 2.03 bits per heavy atom. The molecule has 0 amide bonds. The molecule has 0 aliphatic carbocycles. The molecule has 1 heterocycles. The normalized spacial score (nSPS) is 9.03. The lowest BCUT2D eigenvalue weighted by molar-refractivity contribution is 0.0593. The molecular formula is C26H43NO4. The van der Waals surface area contributed by atoms with E-state index in [0.717, 1.165) is 18.6 Å². The summed E-state index contributed by atoms with van der Waals surface area (Å²) in [5.41, 5.74) is 2.30. The molecule has 176 valence electrons. The highest BCUT2D eigenvalue weighted by molar-refractivity contribution is 5.87. The second-order valence-corrected chi connectivity index (χ2v) is 6.47. The number of aliphatic hydroxyl groups is 1. The largest absolute Gasteiger partial charge is 0.487 e. The van der Waals surface area contributed by atoms with E-state index in [1.54, 1.807) is 12.1 Å². The van der Waals surface area contributed by atoms with E-state index in [4.69, 9.17) is 9.84 Å². The van der Waals surface area contributed by atoms with Crippen LogP contribution in [0.15, 0.2) is 42.5 Å². The van der Waals surface area contributed by atoms with Crippen LogP contribution in [0.5, 0.6) is 5.75 Å². The second kappa shape index (κ2) is 22.3. The maximum absolute atomic E-state index is 11.4. The van der Waals surface area contributed by atoms with E-state index in [1.807, 2.05) is 39.0 Å². The van der Waals surface area contributed by atoms with Crippen molar-refractivity contribution in [2.24, 2.45) is 0 Å². The molecule has 1 aromatic carbocycles. The minimum Gasteiger partial charge on any atom is -0.487 e. The fraction of sp³-hybridized carbons (Fsp3) is 0.538. The first-order valence-electron chi connectivity index (χ1n) is 11.4. The number of hydrogen-bond donors (Lipinski definition) is 1. The van der Waals surface area contributed by atoms with Crippen molar-refractivity contribution in [1.82, 2.24) is 4.98 Å². The Hall–Kier alpha value is -2.40. The lowest BCUT2D eigenvalue weighted by Crippen LogP contribution is -2.07. The van der Waals surface area contributed by atoms with Crippen LogP contribution in [0.3, 0.4) is 0 Å². The monoisotopic (exact) mass is 433 g/mol. The molecule has 1 N–H and O–H groups in total. The fourth-order valence-electron chi connectivity index (χ4n) is 2.07. The van der Waals surface area contributed by atoms with Crippen LogP contribution in [0.1, 0.15) is 89.0 Å². The number of ether oxygens (including phenoxy) is 2. The lowest BCUT2D eigenvalue weighted by atomic mass is 10.1. The number of benzene rings is 1. The van der Waals surface area contributed by atoms with Crippen LogP contribution in [-0.2, 0) is 17.8 Å². The van der Waals surface area contributed by atoms with Crippen LogP contribution < -0.4 is 4.74 Å². The van der Waals surface area contributed by atoms with Gasteiger partial charge in [0.1, 0.15) is 18.1 Å². The van der Waals surface area contributed by atoms with Crippen LogP contribution >= 0.6 is 0 Å².